The van der Waals surface area contributed by atoms with E-state index in [4.69, 9.17) is 16.3 Å². The lowest BCUT2D eigenvalue weighted by molar-refractivity contribution is 0.337. The van der Waals surface area contributed by atoms with Gasteiger partial charge in [0.15, 0.2) is 0 Å². The molecule has 1 atom stereocenters. The van der Waals surface area contributed by atoms with E-state index in [1.807, 2.05) is 18.2 Å². The molecule has 1 unspecified atom stereocenters. The lowest BCUT2D eigenvalue weighted by Gasteiger charge is -2.20. The Hall–Kier alpha value is -1.26. The van der Waals surface area contributed by atoms with Crippen LogP contribution >= 0.6 is 11.6 Å². The summed E-state index contributed by atoms with van der Waals surface area (Å²) >= 11 is 6.03. The molecule has 1 aromatic heterocycles. The average Bonchev–Trinajstić information content (AvgIpc) is 2.74. The first-order valence-electron chi connectivity index (χ1n) is 6.32. The number of nitrogens with zero attached hydrogens (tertiary/aromatic N) is 3. The number of hydrogen-bond acceptors (Lipinski definition) is 3. The zero-order valence-electron chi connectivity index (χ0n) is 11.9. The van der Waals surface area contributed by atoms with E-state index in [2.05, 4.69) is 35.5 Å². The van der Waals surface area contributed by atoms with E-state index in [1.165, 1.54) is 0 Å². The predicted octanol–water partition coefficient (Wildman–Crippen LogP) is 2.91. The van der Waals surface area contributed by atoms with Crippen LogP contribution in [0.2, 0.25) is 0 Å². The summed E-state index contributed by atoms with van der Waals surface area (Å²) in [4.78, 5) is 6.77. The minimum Gasteiger partial charge on any atom is -0.497 e. The van der Waals surface area contributed by atoms with E-state index in [0.29, 0.717) is 11.9 Å². The molecule has 0 aliphatic carbocycles. The maximum absolute atomic E-state index is 6.03. The van der Waals surface area contributed by atoms with Crippen molar-refractivity contribution in [2.75, 3.05) is 27.7 Å². The van der Waals surface area contributed by atoms with Gasteiger partial charge < -0.3 is 14.2 Å². The number of alkyl halides is 1. The van der Waals surface area contributed by atoms with Crippen molar-refractivity contribution in [3.05, 3.63) is 24.0 Å². The van der Waals surface area contributed by atoms with Crippen molar-refractivity contribution in [1.82, 2.24) is 14.5 Å². The maximum Gasteiger partial charge on any atom is 0.125 e. The third-order valence-corrected chi connectivity index (χ3v) is 3.40. The van der Waals surface area contributed by atoms with Gasteiger partial charge in [0.25, 0.3) is 0 Å². The quantitative estimate of drug-likeness (QED) is 0.790. The molecular formula is C14H20ClN3O. The number of halogens is 1. The second kappa shape index (κ2) is 5.80. The van der Waals surface area contributed by atoms with Gasteiger partial charge >= 0.3 is 0 Å². The highest BCUT2D eigenvalue weighted by atomic mass is 35.5. The first-order valence-corrected chi connectivity index (χ1v) is 6.85. The molecule has 0 saturated heterocycles. The molecule has 5 heteroatoms. The molecule has 1 heterocycles. The van der Waals surface area contributed by atoms with Gasteiger partial charge in [0, 0.05) is 18.7 Å². The van der Waals surface area contributed by atoms with E-state index < -0.39 is 0 Å². The van der Waals surface area contributed by atoms with Gasteiger partial charge in [-0.1, -0.05) is 0 Å². The minimum atomic E-state index is 0.321. The van der Waals surface area contributed by atoms with Crippen LogP contribution in [0.15, 0.2) is 18.2 Å². The number of rotatable bonds is 5. The lowest BCUT2D eigenvalue weighted by Crippen LogP contribution is -2.23. The number of hydrogen-bond donors (Lipinski definition) is 0. The van der Waals surface area contributed by atoms with Crippen molar-refractivity contribution in [2.45, 2.75) is 18.8 Å². The summed E-state index contributed by atoms with van der Waals surface area (Å²) in [7, 11) is 5.80. The highest BCUT2D eigenvalue weighted by Gasteiger charge is 2.16. The normalized spacial score (nSPS) is 13.2. The molecule has 19 heavy (non-hydrogen) atoms. The number of benzene rings is 1. The molecule has 0 amide bonds. The Bertz CT molecular complexity index is 565. The number of likely N-dealkylation sites (N-methyl/N-ethyl adjacent to an activating group) is 1. The molecule has 0 aliphatic heterocycles. The van der Waals surface area contributed by atoms with Crippen molar-refractivity contribution in [3.63, 3.8) is 0 Å². The molecule has 0 saturated carbocycles. The van der Waals surface area contributed by atoms with E-state index in [-0.39, 0.29) is 0 Å². The molecule has 0 aliphatic rings. The number of aromatic nitrogens is 2. The fourth-order valence-electron chi connectivity index (χ4n) is 2.45. The largest absolute Gasteiger partial charge is 0.497 e. The van der Waals surface area contributed by atoms with Crippen LogP contribution in [0.25, 0.3) is 11.0 Å². The predicted molar refractivity (Wildman–Crippen MR) is 79.1 cm³/mol. The lowest BCUT2D eigenvalue weighted by atomic mass is 10.2. The van der Waals surface area contributed by atoms with Crippen LogP contribution in [0.5, 0.6) is 5.75 Å². The summed E-state index contributed by atoms with van der Waals surface area (Å²) in [6.07, 6.45) is 0. The van der Waals surface area contributed by atoms with E-state index >= 15 is 0 Å². The van der Waals surface area contributed by atoms with Crippen molar-refractivity contribution in [2.24, 2.45) is 0 Å². The first-order chi connectivity index (χ1) is 9.06. The summed E-state index contributed by atoms with van der Waals surface area (Å²) in [5.74, 6) is 2.13. The molecule has 1 aromatic carbocycles. The van der Waals surface area contributed by atoms with E-state index in [1.54, 1.807) is 7.11 Å². The molecule has 2 aromatic rings. The molecule has 2 rings (SSSR count). The van der Waals surface area contributed by atoms with Crippen LogP contribution in [-0.2, 0) is 5.88 Å². The fourth-order valence-corrected chi connectivity index (χ4v) is 2.64. The maximum atomic E-state index is 6.03. The van der Waals surface area contributed by atoms with Gasteiger partial charge in [-0.2, -0.15) is 0 Å². The molecule has 0 N–H and O–H groups in total. The molecule has 0 spiro atoms. The molecule has 4 nitrogen and oxygen atoms in total. The minimum absolute atomic E-state index is 0.321. The Morgan fingerprint density at radius 1 is 1.42 bits per heavy atom. The number of ether oxygens (including phenoxy) is 1. The van der Waals surface area contributed by atoms with Crippen molar-refractivity contribution < 1.29 is 4.74 Å². The molecule has 0 fully saturated rings. The average molecular weight is 282 g/mol. The van der Waals surface area contributed by atoms with Crippen LogP contribution in [-0.4, -0.2) is 42.2 Å². The summed E-state index contributed by atoms with van der Waals surface area (Å²) < 4.78 is 7.45. The second-order valence-corrected chi connectivity index (χ2v) is 5.26. The highest BCUT2D eigenvalue weighted by Crippen LogP contribution is 2.26. The summed E-state index contributed by atoms with van der Waals surface area (Å²) in [5, 5.41) is 0. The molecule has 0 radical (unpaired) electrons. The zero-order chi connectivity index (χ0) is 14.0. The van der Waals surface area contributed by atoms with Gasteiger partial charge in [-0.05, 0) is 33.2 Å². The van der Waals surface area contributed by atoms with Gasteiger partial charge in [0.05, 0.1) is 24.0 Å². The standard InChI is InChI=1S/C14H20ClN3O/c1-10(9-17(2)3)18-13-6-5-11(19-4)7-12(13)16-14(18)8-15/h5-7,10H,8-9H2,1-4H3. The summed E-state index contributed by atoms with van der Waals surface area (Å²) in [6.45, 7) is 3.13. The molecular weight excluding hydrogens is 262 g/mol. The van der Waals surface area contributed by atoms with Crippen molar-refractivity contribution >= 4 is 22.6 Å². The number of imidazole rings is 1. The Morgan fingerprint density at radius 3 is 2.74 bits per heavy atom. The van der Waals surface area contributed by atoms with Crippen molar-refractivity contribution in [3.8, 4) is 5.75 Å². The molecule has 104 valence electrons. The van der Waals surface area contributed by atoms with Gasteiger partial charge in [-0.3, -0.25) is 0 Å². The smallest absolute Gasteiger partial charge is 0.125 e. The van der Waals surface area contributed by atoms with Crippen LogP contribution in [0.3, 0.4) is 0 Å². The SMILES string of the molecule is COc1ccc2c(c1)nc(CCl)n2C(C)CN(C)C. The Labute approximate surface area is 118 Å². The number of methoxy groups -OCH3 is 1. The van der Waals surface area contributed by atoms with Crippen LogP contribution in [0.4, 0.5) is 0 Å². The van der Waals surface area contributed by atoms with Crippen LogP contribution in [0.1, 0.15) is 18.8 Å². The van der Waals surface area contributed by atoms with Gasteiger partial charge in [0.2, 0.25) is 0 Å². The Kier molecular flexibility index (Phi) is 4.32. The summed E-state index contributed by atoms with van der Waals surface area (Å²) in [6, 6.07) is 6.27. The highest BCUT2D eigenvalue weighted by molar-refractivity contribution is 6.16. The van der Waals surface area contributed by atoms with Gasteiger partial charge in [0.1, 0.15) is 11.6 Å². The number of fused-ring (bicyclic) bond motifs is 1. The third-order valence-electron chi connectivity index (χ3n) is 3.16. The zero-order valence-corrected chi connectivity index (χ0v) is 12.6. The summed E-state index contributed by atoms with van der Waals surface area (Å²) in [5.41, 5.74) is 2.03. The van der Waals surface area contributed by atoms with Crippen LogP contribution in [0, 0.1) is 0 Å². The monoisotopic (exact) mass is 281 g/mol. The Morgan fingerprint density at radius 2 is 2.16 bits per heavy atom. The van der Waals surface area contributed by atoms with Crippen LogP contribution < -0.4 is 4.74 Å². The van der Waals surface area contributed by atoms with Gasteiger partial charge in [-0.25, -0.2) is 4.98 Å². The van der Waals surface area contributed by atoms with Crippen molar-refractivity contribution in [1.29, 1.82) is 0 Å². The van der Waals surface area contributed by atoms with Gasteiger partial charge in [-0.15, -0.1) is 11.6 Å². The fraction of sp³-hybridized carbons (Fsp3) is 0.500. The van der Waals surface area contributed by atoms with E-state index in [0.717, 1.165) is 29.2 Å². The Balaban J connectivity index is 2.51. The third kappa shape index (κ3) is 2.85. The second-order valence-electron chi connectivity index (χ2n) is 5.00. The van der Waals surface area contributed by atoms with E-state index in [9.17, 15) is 0 Å². The topological polar surface area (TPSA) is 30.3 Å². The molecule has 0 bridgehead atoms. The first kappa shape index (κ1) is 14.2.